The van der Waals surface area contributed by atoms with Crippen LogP contribution in [0, 0.1) is 12.8 Å². The Bertz CT molecular complexity index is 405. The molecular formula is C13H22N4O. The van der Waals surface area contributed by atoms with E-state index < -0.39 is 0 Å². The van der Waals surface area contributed by atoms with Gasteiger partial charge >= 0.3 is 0 Å². The zero-order valence-corrected chi connectivity index (χ0v) is 11.4. The van der Waals surface area contributed by atoms with Crippen LogP contribution in [0.15, 0.2) is 6.20 Å². The van der Waals surface area contributed by atoms with E-state index in [0.29, 0.717) is 5.56 Å². The van der Waals surface area contributed by atoms with E-state index in [9.17, 15) is 4.79 Å². The maximum Gasteiger partial charge on any atom is 0.257 e. The Morgan fingerprint density at radius 1 is 1.50 bits per heavy atom. The molecule has 1 fully saturated rings. The molecule has 2 heterocycles. The fourth-order valence-electron chi connectivity index (χ4n) is 2.57. The van der Waals surface area contributed by atoms with E-state index in [1.807, 2.05) is 11.8 Å². The first-order valence-corrected chi connectivity index (χ1v) is 6.52. The van der Waals surface area contributed by atoms with Crippen LogP contribution < -0.4 is 0 Å². The second-order valence-electron chi connectivity index (χ2n) is 5.41. The largest absolute Gasteiger partial charge is 0.339 e. The van der Waals surface area contributed by atoms with Crippen LogP contribution in [-0.4, -0.2) is 59.6 Å². The average molecular weight is 250 g/mol. The van der Waals surface area contributed by atoms with Gasteiger partial charge in [-0.2, -0.15) is 5.10 Å². The highest BCUT2D eigenvalue weighted by Gasteiger charge is 2.25. The maximum absolute atomic E-state index is 12.3. The SMILES string of the molecule is Cc1[nH]ncc1C(=O)N1CCC(CN(C)C)CC1. The highest BCUT2D eigenvalue weighted by Crippen LogP contribution is 2.20. The van der Waals surface area contributed by atoms with Crippen LogP contribution in [-0.2, 0) is 0 Å². The van der Waals surface area contributed by atoms with E-state index in [1.165, 1.54) is 0 Å². The fourth-order valence-corrected chi connectivity index (χ4v) is 2.57. The van der Waals surface area contributed by atoms with Crippen molar-refractivity contribution in [2.75, 3.05) is 33.7 Å². The molecule has 1 aliphatic rings. The van der Waals surface area contributed by atoms with Crippen molar-refractivity contribution in [2.24, 2.45) is 5.92 Å². The Hall–Kier alpha value is -1.36. The molecule has 1 aromatic rings. The number of amides is 1. The Morgan fingerprint density at radius 3 is 2.67 bits per heavy atom. The Labute approximate surface area is 108 Å². The molecule has 0 saturated carbocycles. The topological polar surface area (TPSA) is 52.2 Å². The van der Waals surface area contributed by atoms with E-state index in [1.54, 1.807) is 6.20 Å². The predicted molar refractivity (Wildman–Crippen MR) is 70.5 cm³/mol. The summed E-state index contributed by atoms with van der Waals surface area (Å²) < 4.78 is 0. The fraction of sp³-hybridized carbons (Fsp3) is 0.692. The number of piperidine rings is 1. The molecule has 1 amide bonds. The number of hydrogen-bond acceptors (Lipinski definition) is 3. The Morgan fingerprint density at radius 2 is 2.17 bits per heavy atom. The number of carbonyl (C=O) groups excluding carboxylic acids is 1. The Balaban J connectivity index is 1.90. The molecule has 0 unspecified atom stereocenters. The number of nitrogens with zero attached hydrogens (tertiary/aromatic N) is 3. The summed E-state index contributed by atoms with van der Waals surface area (Å²) in [4.78, 5) is 16.4. The van der Waals surface area contributed by atoms with Gasteiger partial charge < -0.3 is 9.80 Å². The number of carbonyl (C=O) groups is 1. The van der Waals surface area contributed by atoms with Gasteiger partial charge in [0.25, 0.3) is 5.91 Å². The summed E-state index contributed by atoms with van der Waals surface area (Å²) in [5, 5.41) is 6.73. The first-order valence-electron chi connectivity index (χ1n) is 6.52. The molecule has 5 nitrogen and oxygen atoms in total. The zero-order valence-electron chi connectivity index (χ0n) is 11.4. The molecule has 2 rings (SSSR count). The van der Waals surface area contributed by atoms with Gasteiger partial charge in [0, 0.05) is 25.3 Å². The van der Waals surface area contributed by atoms with Crippen LogP contribution in [0.1, 0.15) is 28.9 Å². The second kappa shape index (κ2) is 5.52. The highest BCUT2D eigenvalue weighted by molar-refractivity contribution is 5.95. The van der Waals surface area contributed by atoms with Crippen LogP contribution in [0.3, 0.4) is 0 Å². The van der Waals surface area contributed by atoms with Crippen molar-refractivity contribution in [3.8, 4) is 0 Å². The summed E-state index contributed by atoms with van der Waals surface area (Å²) in [6.07, 6.45) is 3.82. The van der Waals surface area contributed by atoms with Crippen molar-refractivity contribution < 1.29 is 4.79 Å². The predicted octanol–water partition coefficient (Wildman–Crippen LogP) is 1.13. The van der Waals surface area contributed by atoms with Crippen LogP contribution >= 0.6 is 0 Å². The van der Waals surface area contributed by atoms with Gasteiger partial charge in [-0.25, -0.2) is 0 Å². The maximum atomic E-state index is 12.3. The zero-order chi connectivity index (χ0) is 13.1. The summed E-state index contributed by atoms with van der Waals surface area (Å²) in [5.41, 5.74) is 1.57. The number of rotatable bonds is 3. The lowest BCUT2D eigenvalue weighted by Crippen LogP contribution is -2.40. The number of aromatic nitrogens is 2. The summed E-state index contributed by atoms with van der Waals surface area (Å²) >= 11 is 0. The molecule has 0 bridgehead atoms. The number of aryl methyl sites for hydroxylation is 1. The molecule has 5 heteroatoms. The minimum absolute atomic E-state index is 0.115. The molecule has 0 aliphatic carbocycles. The second-order valence-corrected chi connectivity index (χ2v) is 5.41. The monoisotopic (exact) mass is 250 g/mol. The molecule has 18 heavy (non-hydrogen) atoms. The van der Waals surface area contributed by atoms with Crippen LogP contribution in [0.5, 0.6) is 0 Å². The van der Waals surface area contributed by atoms with E-state index in [-0.39, 0.29) is 5.91 Å². The lowest BCUT2D eigenvalue weighted by molar-refractivity contribution is 0.0677. The van der Waals surface area contributed by atoms with Crippen molar-refractivity contribution in [2.45, 2.75) is 19.8 Å². The van der Waals surface area contributed by atoms with Gasteiger partial charge in [0.2, 0.25) is 0 Å². The third kappa shape index (κ3) is 2.90. The third-order valence-corrected chi connectivity index (χ3v) is 3.59. The minimum Gasteiger partial charge on any atom is -0.339 e. The number of hydrogen-bond donors (Lipinski definition) is 1. The number of likely N-dealkylation sites (tertiary alicyclic amines) is 1. The number of H-pyrrole nitrogens is 1. The standard InChI is InChI=1S/C13H22N4O/c1-10-12(8-14-15-10)13(18)17-6-4-11(5-7-17)9-16(2)3/h8,11H,4-7,9H2,1-3H3,(H,14,15). The Kier molecular flexibility index (Phi) is 4.01. The first kappa shape index (κ1) is 13.1. The van der Waals surface area contributed by atoms with Crippen molar-refractivity contribution in [1.29, 1.82) is 0 Å². The van der Waals surface area contributed by atoms with E-state index >= 15 is 0 Å². The quantitative estimate of drug-likeness (QED) is 0.875. The average Bonchev–Trinajstić information content (AvgIpc) is 2.75. The summed E-state index contributed by atoms with van der Waals surface area (Å²) in [6.45, 7) is 4.73. The smallest absolute Gasteiger partial charge is 0.257 e. The van der Waals surface area contributed by atoms with Gasteiger partial charge in [-0.1, -0.05) is 0 Å². The van der Waals surface area contributed by atoms with Gasteiger partial charge in [-0.15, -0.1) is 0 Å². The van der Waals surface area contributed by atoms with E-state index in [2.05, 4.69) is 29.2 Å². The molecule has 0 aromatic carbocycles. The van der Waals surface area contributed by atoms with Crippen molar-refractivity contribution in [1.82, 2.24) is 20.0 Å². The first-order chi connectivity index (χ1) is 8.58. The lowest BCUT2D eigenvalue weighted by atomic mass is 9.96. The summed E-state index contributed by atoms with van der Waals surface area (Å²) in [7, 11) is 4.21. The lowest BCUT2D eigenvalue weighted by Gasteiger charge is -2.33. The van der Waals surface area contributed by atoms with Crippen molar-refractivity contribution >= 4 is 5.91 Å². The van der Waals surface area contributed by atoms with Gasteiger partial charge in [-0.3, -0.25) is 9.89 Å². The summed E-state index contributed by atoms with van der Waals surface area (Å²) in [6, 6.07) is 0. The molecule has 1 N–H and O–H groups in total. The van der Waals surface area contributed by atoms with Gasteiger partial charge in [0.15, 0.2) is 0 Å². The van der Waals surface area contributed by atoms with Crippen LogP contribution in [0.2, 0.25) is 0 Å². The molecule has 1 aromatic heterocycles. The van der Waals surface area contributed by atoms with E-state index in [4.69, 9.17) is 0 Å². The molecular weight excluding hydrogens is 228 g/mol. The molecule has 0 radical (unpaired) electrons. The highest BCUT2D eigenvalue weighted by atomic mass is 16.2. The van der Waals surface area contributed by atoms with Crippen LogP contribution in [0.4, 0.5) is 0 Å². The molecule has 0 spiro atoms. The van der Waals surface area contributed by atoms with Gasteiger partial charge in [0.05, 0.1) is 11.8 Å². The normalized spacial score (nSPS) is 17.4. The van der Waals surface area contributed by atoms with Gasteiger partial charge in [0.1, 0.15) is 0 Å². The molecule has 1 saturated heterocycles. The number of nitrogens with one attached hydrogen (secondary N) is 1. The minimum atomic E-state index is 0.115. The number of aromatic amines is 1. The van der Waals surface area contributed by atoms with Crippen molar-refractivity contribution in [3.63, 3.8) is 0 Å². The van der Waals surface area contributed by atoms with E-state index in [0.717, 1.165) is 44.1 Å². The van der Waals surface area contributed by atoms with Crippen molar-refractivity contribution in [3.05, 3.63) is 17.5 Å². The molecule has 1 aliphatic heterocycles. The molecule has 0 atom stereocenters. The third-order valence-electron chi connectivity index (χ3n) is 3.59. The van der Waals surface area contributed by atoms with Crippen LogP contribution in [0.25, 0.3) is 0 Å². The van der Waals surface area contributed by atoms with Gasteiger partial charge in [-0.05, 0) is 39.8 Å². The molecule has 100 valence electrons. The summed E-state index contributed by atoms with van der Waals surface area (Å²) in [5.74, 6) is 0.832.